The van der Waals surface area contributed by atoms with Crippen molar-refractivity contribution in [2.75, 3.05) is 18.0 Å². The number of anilines is 1. The molecule has 14 heavy (non-hydrogen) atoms. The Labute approximate surface area is 84.9 Å². The molecule has 3 nitrogen and oxygen atoms in total. The average Bonchev–Trinajstić information content (AvgIpc) is 2.14. The van der Waals surface area contributed by atoms with Gasteiger partial charge in [-0.25, -0.2) is 4.98 Å². The number of nitrogens with two attached hydrogens (primary N) is 1. The Morgan fingerprint density at radius 2 is 2.14 bits per heavy atom. The lowest BCUT2D eigenvalue weighted by molar-refractivity contribution is 0.274. The average molecular weight is 191 g/mol. The molecule has 1 aromatic heterocycles. The van der Waals surface area contributed by atoms with Crippen LogP contribution in [0.4, 0.5) is 5.82 Å². The topological polar surface area (TPSA) is 42.1 Å². The first-order valence-corrected chi connectivity index (χ1v) is 5.01. The minimum absolute atomic E-state index is 0.453. The summed E-state index contributed by atoms with van der Waals surface area (Å²) in [5.74, 6) is 1.07. The van der Waals surface area contributed by atoms with Crippen LogP contribution in [0.3, 0.4) is 0 Å². The molecule has 0 aromatic carbocycles. The summed E-state index contributed by atoms with van der Waals surface area (Å²) in [6, 6.07) is 4.10. The van der Waals surface area contributed by atoms with E-state index in [9.17, 15) is 0 Å². The fourth-order valence-corrected chi connectivity index (χ4v) is 1.87. The third-order valence-corrected chi connectivity index (χ3v) is 2.61. The smallest absolute Gasteiger partial charge is 0.128 e. The zero-order chi connectivity index (χ0) is 10.2. The minimum atomic E-state index is 0.453. The van der Waals surface area contributed by atoms with Crippen LogP contribution in [-0.4, -0.2) is 18.1 Å². The van der Waals surface area contributed by atoms with E-state index in [2.05, 4.69) is 29.8 Å². The number of aromatic nitrogens is 1. The van der Waals surface area contributed by atoms with Crippen LogP contribution in [-0.2, 0) is 6.54 Å². The Bertz CT molecular complexity index is 308. The monoisotopic (exact) mass is 191 g/mol. The predicted octanol–water partition coefficient (Wildman–Crippen LogP) is 1.39. The zero-order valence-corrected chi connectivity index (χ0v) is 8.83. The first kappa shape index (κ1) is 9.46. The van der Waals surface area contributed by atoms with Crippen LogP contribution in [0.1, 0.15) is 19.4 Å². The summed E-state index contributed by atoms with van der Waals surface area (Å²) in [5, 5.41) is 0. The predicted molar refractivity (Wildman–Crippen MR) is 58.1 cm³/mol. The summed E-state index contributed by atoms with van der Waals surface area (Å²) in [7, 11) is 0. The highest BCUT2D eigenvalue weighted by Crippen LogP contribution is 2.31. The maximum Gasteiger partial charge on any atom is 0.128 e. The Hall–Kier alpha value is -1.09. The first-order chi connectivity index (χ1) is 6.61. The molecule has 0 unspecified atom stereocenters. The van der Waals surface area contributed by atoms with Gasteiger partial charge in [0.2, 0.25) is 0 Å². The van der Waals surface area contributed by atoms with Gasteiger partial charge in [-0.1, -0.05) is 19.9 Å². The van der Waals surface area contributed by atoms with Crippen molar-refractivity contribution in [1.82, 2.24) is 4.98 Å². The van der Waals surface area contributed by atoms with E-state index >= 15 is 0 Å². The number of pyridine rings is 1. The summed E-state index contributed by atoms with van der Waals surface area (Å²) >= 11 is 0. The molecule has 0 atom stereocenters. The van der Waals surface area contributed by atoms with Gasteiger partial charge in [-0.05, 0) is 17.0 Å². The van der Waals surface area contributed by atoms with Gasteiger partial charge in [-0.2, -0.15) is 0 Å². The molecule has 2 N–H and O–H groups in total. The summed E-state index contributed by atoms with van der Waals surface area (Å²) in [6.45, 7) is 7.32. The fourth-order valence-electron chi connectivity index (χ4n) is 1.87. The fraction of sp³-hybridized carbons (Fsp3) is 0.545. The van der Waals surface area contributed by atoms with Crippen molar-refractivity contribution < 1.29 is 0 Å². The Kier molecular flexibility index (Phi) is 2.19. The quantitative estimate of drug-likeness (QED) is 0.768. The van der Waals surface area contributed by atoms with Crippen molar-refractivity contribution in [2.24, 2.45) is 11.1 Å². The van der Waals surface area contributed by atoms with E-state index in [4.69, 9.17) is 5.73 Å². The second-order valence-electron chi connectivity index (χ2n) is 4.75. The SMILES string of the molecule is CC1(C)CN(c2ccc(CN)cn2)C1. The molecule has 2 rings (SSSR count). The van der Waals surface area contributed by atoms with Gasteiger partial charge in [-0.15, -0.1) is 0 Å². The molecular formula is C11H17N3. The van der Waals surface area contributed by atoms with E-state index in [1.54, 1.807) is 0 Å². The van der Waals surface area contributed by atoms with Gasteiger partial charge in [0.1, 0.15) is 5.82 Å². The normalized spacial score (nSPS) is 19.2. The van der Waals surface area contributed by atoms with E-state index < -0.39 is 0 Å². The highest BCUT2D eigenvalue weighted by atomic mass is 15.2. The molecule has 0 spiro atoms. The molecule has 0 amide bonds. The summed E-state index contributed by atoms with van der Waals surface area (Å²) in [4.78, 5) is 6.67. The molecule has 1 aliphatic heterocycles. The molecule has 76 valence electrons. The second-order valence-corrected chi connectivity index (χ2v) is 4.75. The largest absolute Gasteiger partial charge is 0.355 e. The number of rotatable bonds is 2. The van der Waals surface area contributed by atoms with Crippen molar-refractivity contribution in [1.29, 1.82) is 0 Å². The van der Waals surface area contributed by atoms with E-state index in [1.165, 1.54) is 0 Å². The van der Waals surface area contributed by atoms with E-state index in [-0.39, 0.29) is 0 Å². The molecule has 0 aliphatic carbocycles. The standard InChI is InChI=1S/C11H17N3/c1-11(2)7-14(8-11)10-4-3-9(5-12)6-13-10/h3-4,6H,5,7-8,12H2,1-2H3. The third kappa shape index (κ3) is 1.73. The maximum absolute atomic E-state index is 5.51. The number of nitrogens with zero attached hydrogens (tertiary/aromatic N) is 2. The van der Waals surface area contributed by atoms with Crippen LogP contribution in [0, 0.1) is 5.41 Å². The Balaban J connectivity index is 2.05. The van der Waals surface area contributed by atoms with Gasteiger partial charge in [0.25, 0.3) is 0 Å². The van der Waals surface area contributed by atoms with Crippen LogP contribution in [0.5, 0.6) is 0 Å². The Morgan fingerprint density at radius 3 is 2.57 bits per heavy atom. The molecule has 2 heterocycles. The molecular weight excluding hydrogens is 174 g/mol. The summed E-state index contributed by atoms with van der Waals surface area (Å²) < 4.78 is 0. The van der Waals surface area contributed by atoms with Gasteiger partial charge in [0.05, 0.1) is 0 Å². The summed E-state index contributed by atoms with van der Waals surface area (Å²) in [6.07, 6.45) is 1.86. The molecule has 3 heteroatoms. The van der Waals surface area contributed by atoms with E-state index in [0.717, 1.165) is 24.5 Å². The van der Waals surface area contributed by atoms with Gasteiger partial charge < -0.3 is 10.6 Å². The van der Waals surface area contributed by atoms with Crippen LogP contribution < -0.4 is 10.6 Å². The third-order valence-electron chi connectivity index (χ3n) is 2.61. The highest BCUT2D eigenvalue weighted by Gasteiger charge is 2.34. The molecule has 1 fully saturated rings. The van der Waals surface area contributed by atoms with Gasteiger partial charge in [0, 0.05) is 25.8 Å². The van der Waals surface area contributed by atoms with Crippen molar-refractivity contribution in [3.8, 4) is 0 Å². The van der Waals surface area contributed by atoms with Crippen LogP contribution in [0.25, 0.3) is 0 Å². The van der Waals surface area contributed by atoms with Gasteiger partial charge in [-0.3, -0.25) is 0 Å². The van der Waals surface area contributed by atoms with Crippen molar-refractivity contribution >= 4 is 5.82 Å². The summed E-state index contributed by atoms with van der Waals surface area (Å²) in [5.41, 5.74) is 7.06. The van der Waals surface area contributed by atoms with Crippen LogP contribution in [0.15, 0.2) is 18.3 Å². The lowest BCUT2D eigenvalue weighted by Gasteiger charge is -2.46. The van der Waals surface area contributed by atoms with Crippen LogP contribution >= 0.6 is 0 Å². The zero-order valence-electron chi connectivity index (χ0n) is 8.83. The number of hydrogen-bond donors (Lipinski definition) is 1. The molecule has 1 saturated heterocycles. The second kappa shape index (κ2) is 3.24. The lowest BCUT2D eigenvalue weighted by atomic mass is 9.84. The maximum atomic E-state index is 5.51. The van der Waals surface area contributed by atoms with E-state index in [1.807, 2.05) is 12.3 Å². The first-order valence-electron chi connectivity index (χ1n) is 5.01. The van der Waals surface area contributed by atoms with Crippen molar-refractivity contribution in [3.05, 3.63) is 23.9 Å². The van der Waals surface area contributed by atoms with E-state index in [0.29, 0.717) is 12.0 Å². The molecule has 0 bridgehead atoms. The highest BCUT2D eigenvalue weighted by molar-refractivity contribution is 5.43. The molecule has 0 saturated carbocycles. The van der Waals surface area contributed by atoms with Crippen molar-refractivity contribution in [2.45, 2.75) is 20.4 Å². The number of hydrogen-bond acceptors (Lipinski definition) is 3. The molecule has 0 radical (unpaired) electrons. The Morgan fingerprint density at radius 1 is 1.43 bits per heavy atom. The van der Waals surface area contributed by atoms with Crippen molar-refractivity contribution in [3.63, 3.8) is 0 Å². The minimum Gasteiger partial charge on any atom is -0.355 e. The lowest BCUT2D eigenvalue weighted by Crippen LogP contribution is -2.53. The van der Waals surface area contributed by atoms with Gasteiger partial charge in [0.15, 0.2) is 0 Å². The molecule has 1 aromatic rings. The molecule has 1 aliphatic rings. The van der Waals surface area contributed by atoms with Gasteiger partial charge >= 0.3 is 0 Å². The van der Waals surface area contributed by atoms with Crippen LogP contribution in [0.2, 0.25) is 0 Å².